The van der Waals surface area contributed by atoms with Crippen molar-refractivity contribution in [2.75, 3.05) is 37.4 Å². The molecule has 0 unspecified atom stereocenters. The minimum absolute atomic E-state index is 0.171. The summed E-state index contributed by atoms with van der Waals surface area (Å²) in [6.45, 7) is 0.971. The molecule has 4 rings (SSSR count). The molecule has 10 nitrogen and oxygen atoms in total. The maximum Gasteiger partial charge on any atom is 0.407 e. The number of nitrogens with zero attached hydrogens (tertiary/aromatic N) is 3. The van der Waals surface area contributed by atoms with Gasteiger partial charge in [0.25, 0.3) is 5.91 Å². The van der Waals surface area contributed by atoms with Crippen molar-refractivity contribution in [1.82, 2.24) is 20.2 Å². The highest BCUT2D eigenvalue weighted by Crippen LogP contribution is 2.36. The molecule has 1 aliphatic rings. The Balaban J connectivity index is 1.36. The first-order valence-electron chi connectivity index (χ1n) is 11.3. The summed E-state index contributed by atoms with van der Waals surface area (Å²) in [5.74, 6) is -0.192. The number of halogens is 1. The van der Waals surface area contributed by atoms with Gasteiger partial charge in [-0.1, -0.05) is 17.4 Å². The standard InChI is InChI=1S/C24H27FN6O4S/c1-35-11-10-31(23(33)34)15-24(7-8-24)30-21(32)16-5-6-18(25)19(12-16)27-13-17-14-28-22(36-17)29-20-4-2-3-9-26-20/h2-6,9,12,14,27H,7-8,10-11,13,15H2,1H3,(H,30,32)(H,33,34)(H,26,28,29). The van der Waals surface area contributed by atoms with Gasteiger partial charge in [-0.25, -0.2) is 19.2 Å². The zero-order valence-electron chi connectivity index (χ0n) is 19.7. The molecular weight excluding hydrogens is 487 g/mol. The largest absolute Gasteiger partial charge is 0.465 e. The molecule has 4 N–H and O–H groups in total. The van der Waals surface area contributed by atoms with Crippen LogP contribution in [-0.2, 0) is 11.3 Å². The van der Waals surface area contributed by atoms with Crippen LogP contribution < -0.4 is 16.0 Å². The van der Waals surface area contributed by atoms with Crippen molar-refractivity contribution in [3.05, 3.63) is 65.0 Å². The SMILES string of the molecule is COCCN(CC1(NC(=O)c2ccc(F)c(NCc3cnc(Nc4ccccn4)s3)c2)CC1)C(=O)O. The number of benzene rings is 1. The molecule has 0 aliphatic heterocycles. The van der Waals surface area contributed by atoms with Gasteiger partial charge in [-0.2, -0.15) is 0 Å². The predicted molar refractivity (Wildman–Crippen MR) is 134 cm³/mol. The quantitative estimate of drug-likeness (QED) is 0.286. The number of aromatic nitrogens is 2. The average molecular weight is 515 g/mol. The lowest BCUT2D eigenvalue weighted by Gasteiger charge is -2.26. The molecule has 0 spiro atoms. The summed E-state index contributed by atoms with van der Waals surface area (Å²) in [7, 11) is 1.50. The van der Waals surface area contributed by atoms with Gasteiger partial charge in [-0.15, -0.1) is 0 Å². The maximum atomic E-state index is 14.4. The highest BCUT2D eigenvalue weighted by molar-refractivity contribution is 7.15. The van der Waals surface area contributed by atoms with Gasteiger partial charge in [-0.05, 0) is 43.2 Å². The number of ether oxygens (including phenoxy) is 1. The van der Waals surface area contributed by atoms with Crippen molar-refractivity contribution in [1.29, 1.82) is 0 Å². The lowest BCUT2D eigenvalue weighted by molar-refractivity contribution is 0.0886. The number of carbonyl (C=O) groups excluding carboxylic acids is 1. The molecule has 1 saturated carbocycles. The normalized spacial score (nSPS) is 13.6. The Hall–Kier alpha value is -3.77. The van der Waals surface area contributed by atoms with Gasteiger partial charge in [0.2, 0.25) is 0 Å². The second-order valence-corrected chi connectivity index (χ2v) is 9.57. The molecule has 1 fully saturated rings. The molecule has 2 heterocycles. The number of anilines is 3. The third-order valence-electron chi connectivity index (χ3n) is 5.70. The fraction of sp³-hybridized carbons (Fsp3) is 0.333. The summed E-state index contributed by atoms with van der Waals surface area (Å²) >= 11 is 1.40. The Morgan fingerprint density at radius 2 is 2.08 bits per heavy atom. The number of thiazole rings is 1. The molecule has 36 heavy (non-hydrogen) atoms. The third kappa shape index (κ3) is 6.67. The van der Waals surface area contributed by atoms with Crippen molar-refractivity contribution in [3.8, 4) is 0 Å². The second kappa shape index (κ2) is 11.3. The van der Waals surface area contributed by atoms with Crippen LogP contribution in [0.3, 0.4) is 0 Å². The van der Waals surface area contributed by atoms with Crippen LogP contribution in [0.5, 0.6) is 0 Å². The van der Waals surface area contributed by atoms with Crippen LogP contribution in [0.2, 0.25) is 0 Å². The molecule has 0 radical (unpaired) electrons. The highest BCUT2D eigenvalue weighted by Gasteiger charge is 2.46. The Morgan fingerprint density at radius 3 is 2.78 bits per heavy atom. The molecule has 1 aliphatic carbocycles. The second-order valence-electron chi connectivity index (χ2n) is 8.45. The Labute approximate surface area is 211 Å². The minimum atomic E-state index is -1.07. The van der Waals surface area contributed by atoms with Crippen LogP contribution in [0.25, 0.3) is 0 Å². The fourth-order valence-corrected chi connectivity index (χ4v) is 4.33. The van der Waals surface area contributed by atoms with E-state index in [9.17, 15) is 19.1 Å². The van der Waals surface area contributed by atoms with Gasteiger partial charge in [0, 0.05) is 43.0 Å². The molecule has 0 atom stereocenters. The van der Waals surface area contributed by atoms with E-state index in [0.29, 0.717) is 30.3 Å². The van der Waals surface area contributed by atoms with Crippen LogP contribution in [-0.4, -0.2) is 64.3 Å². The number of methoxy groups -OCH3 is 1. The molecular formula is C24H27FN6O4S. The number of carboxylic acid groups (broad SMARTS) is 1. The summed E-state index contributed by atoms with van der Waals surface area (Å²) in [5, 5.41) is 19.2. The number of carbonyl (C=O) groups is 2. The van der Waals surface area contributed by atoms with Crippen LogP contribution in [0.15, 0.2) is 48.8 Å². The van der Waals surface area contributed by atoms with Crippen molar-refractivity contribution < 1.29 is 23.8 Å². The van der Waals surface area contributed by atoms with E-state index in [-0.39, 0.29) is 36.9 Å². The van der Waals surface area contributed by atoms with Gasteiger partial charge < -0.3 is 30.7 Å². The number of pyridine rings is 1. The van der Waals surface area contributed by atoms with Crippen molar-refractivity contribution in [3.63, 3.8) is 0 Å². The summed E-state index contributed by atoms with van der Waals surface area (Å²) < 4.78 is 19.4. The number of rotatable bonds is 12. The van der Waals surface area contributed by atoms with Crippen molar-refractivity contribution in [2.24, 2.45) is 0 Å². The number of amides is 2. The monoisotopic (exact) mass is 514 g/mol. The first-order chi connectivity index (χ1) is 17.4. The van der Waals surface area contributed by atoms with E-state index in [4.69, 9.17) is 4.74 Å². The van der Waals surface area contributed by atoms with Crippen LogP contribution in [0.1, 0.15) is 28.1 Å². The van der Waals surface area contributed by atoms with Crippen LogP contribution in [0, 0.1) is 5.82 Å². The smallest absolute Gasteiger partial charge is 0.407 e. The van der Waals surface area contributed by atoms with E-state index in [1.807, 2.05) is 18.2 Å². The summed E-state index contributed by atoms with van der Waals surface area (Å²) in [4.78, 5) is 35.0. The molecule has 190 valence electrons. The van der Waals surface area contributed by atoms with Crippen molar-refractivity contribution >= 4 is 40.0 Å². The molecule has 1 aromatic carbocycles. The van der Waals surface area contributed by atoms with Gasteiger partial charge >= 0.3 is 6.09 Å². The first kappa shape index (κ1) is 25.3. The number of hydrogen-bond donors (Lipinski definition) is 4. The minimum Gasteiger partial charge on any atom is -0.465 e. The lowest BCUT2D eigenvalue weighted by Crippen LogP contribution is -2.48. The van der Waals surface area contributed by atoms with Gasteiger partial charge in [0.15, 0.2) is 5.13 Å². The molecule has 0 bridgehead atoms. The third-order valence-corrected chi connectivity index (χ3v) is 6.61. The van der Waals surface area contributed by atoms with Crippen molar-refractivity contribution in [2.45, 2.75) is 24.9 Å². The van der Waals surface area contributed by atoms with E-state index >= 15 is 0 Å². The summed E-state index contributed by atoms with van der Waals surface area (Å²) in [6, 6.07) is 9.62. The van der Waals surface area contributed by atoms with E-state index in [1.54, 1.807) is 12.4 Å². The number of hydrogen-bond acceptors (Lipinski definition) is 8. The van der Waals surface area contributed by atoms with Crippen LogP contribution in [0.4, 0.5) is 25.8 Å². The Morgan fingerprint density at radius 1 is 1.25 bits per heavy atom. The predicted octanol–water partition coefficient (Wildman–Crippen LogP) is 3.92. The first-order valence-corrected chi connectivity index (χ1v) is 12.1. The summed E-state index contributed by atoms with van der Waals surface area (Å²) in [5.41, 5.74) is -0.150. The molecule has 0 saturated heterocycles. The van der Waals surface area contributed by atoms with E-state index in [2.05, 4.69) is 25.9 Å². The highest BCUT2D eigenvalue weighted by atomic mass is 32.1. The molecule has 2 amide bonds. The average Bonchev–Trinajstić information content (AvgIpc) is 3.48. The maximum absolute atomic E-state index is 14.4. The van der Waals surface area contributed by atoms with E-state index < -0.39 is 17.4 Å². The molecule has 12 heteroatoms. The fourth-order valence-electron chi connectivity index (χ4n) is 3.57. The molecule has 3 aromatic rings. The zero-order valence-corrected chi connectivity index (χ0v) is 20.5. The van der Waals surface area contributed by atoms with Gasteiger partial charge in [0.1, 0.15) is 11.6 Å². The number of nitrogens with one attached hydrogen (secondary N) is 3. The van der Waals surface area contributed by atoms with Crippen LogP contribution >= 0.6 is 11.3 Å². The zero-order chi connectivity index (χ0) is 25.5. The van der Waals surface area contributed by atoms with E-state index in [0.717, 1.165) is 4.88 Å². The Kier molecular flexibility index (Phi) is 7.96. The lowest BCUT2D eigenvalue weighted by atomic mass is 10.1. The van der Waals surface area contributed by atoms with Gasteiger partial charge in [0.05, 0.1) is 24.4 Å². The Bertz CT molecular complexity index is 1200. The topological polar surface area (TPSA) is 129 Å². The van der Waals surface area contributed by atoms with Gasteiger partial charge in [-0.3, -0.25) is 4.79 Å². The van der Waals surface area contributed by atoms with E-state index in [1.165, 1.54) is 41.5 Å². The summed E-state index contributed by atoms with van der Waals surface area (Å²) in [6.07, 6.45) is 3.64. The molecule has 2 aromatic heterocycles.